The topological polar surface area (TPSA) is 72.5 Å². The van der Waals surface area contributed by atoms with Crippen molar-refractivity contribution in [2.45, 2.75) is 44.4 Å². The van der Waals surface area contributed by atoms with Crippen LogP contribution in [0.2, 0.25) is 0 Å². The first-order valence-electron chi connectivity index (χ1n) is 8.33. The van der Waals surface area contributed by atoms with Crippen LogP contribution < -0.4 is 4.72 Å². The summed E-state index contributed by atoms with van der Waals surface area (Å²) in [5, 5.41) is 0.415. The Labute approximate surface area is 152 Å². The third-order valence-electron chi connectivity index (χ3n) is 4.24. The number of benzene rings is 1. The summed E-state index contributed by atoms with van der Waals surface area (Å²) in [4.78, 5) is 12.6. The molecule has 0 radical (unpaired) electrons. The minimum Gasteiger partial charge on any atom is -0.462 e. The van der Waals surface area contributed by atoms with Gasteiger partial charge in [0.2, 0.25) is 0 Å². The predicted molar refractivity (Wildman–Crippen MR) is 98.9 cm³/mol. The van der Waals surface area contributed by atoms with Gasteiger partial charge in [-0.05, 0) is 74.4 Å². The fourth-order valence-corrected chi connectivity index (χ4v) is 5.30. The Hall–Kier alpha value is -1.86. The molecule has 0 amide bonds. The van der Waals surface area contributed by atoms with E-state index in [4.69, 9.17) is 4.74 Å². The summed E-state index contributed by atoms with van der Waals surface area (Å²) in [6.45, 7) is 3.78. The quantitative estimate of drug-likeness (QED) is 0.800. The zero-order valence-corrected chi connectivity index (χ0v) is 15.9. The molecule has 0 bridgehead atoms. The fourth-order valence-electron chi connectivity index (χ4n) is 3.00. The van der Waals surface area contributed by atoms with E-state index >= 15 is 0 Å². The van der Waals surface area contributed by atoms with Crippen LogP contribution in [0.15, 0.2) is 29.2 Å². The lowest BCUT2D eigenvalue weighted by molar-refractivity contribution is 0.0531. The van der Waals surface area contributed by atoms with E-state index < -0.39 is 16.0 Å². The van der Waals surface area contributed by atoms with Crippen LogP contribution in [0.3, 0.4) is 0 Å². The zero-order chi connectivity index (χ0) is 18.0. The summed E-state index contributed by atoms with van der Waals surface area (Å²) in [5.41, 5.74) is 3.05. The number of hydrogen-bond acceptors (Lipinski definition) is 5. The Morgan fingerprint density at radius 3 is 2.64 bits per heavy atom. The van der Waals surface area contributed by atoms with E-state index in [0.29, 0.717) is 15.4 Å². The van der Waals surface area contributed by atoms with Crippen molar-refractivity contribution >= 4 is 32.3 Å². The highest BCUT2D eigenvalue weighted by Crippen LogP contribution is 2.30. The molecule has 0 saturated carbocycles. The molecule has 0 saturated heterocycles. The zero-order valence-electron chi connectivity index (χ0n) is 14.3. The van der Waals surface area contributed by atoms with Gasteiger partial charge in [-0.2, -0.15) is 0 Å². The normalized spacial score (nSPS) is 14.0. The molecular weight excluding hydrogens is 358 g/mol. The van der Waals surface area contributed by atoms with Crippen molar-refractivity contribution in [3.63, 3.8) is 0 Å². The molecule has 1 heterocycles. The minimum atomic E-state index is -3.68. The van der Waals surface area contributed by atoms with E-state index in [1.165, 1.54) is 5.56 Å². The number of rotatable bonds is 5. The van der Waals surface area contributed by atoms with E-state index in [1.807, 2.05) is 6.07 Å². The summed E-state index contributed by atoms with van der Waals surface area (Å²) < 4.78 is 32.9. The van der Waals surface area contributed by atoms with Gasteiger partial charge in [-0.15, -0.1) is 11.3 Å². The number of thiophene rings is 1. The number of carbonyl (C=O) groups is 1. The largest absolute Gasteiger partial charge is 0.462 e. The van der Waals surface area contributed by atoms with Crippen molar-refractivity contribution in [2.75, 3.05) is 11.3 Å². The van der Waals surface area contributed by atoms with E-state index in [1.54, 1.807) is 32.0 Å². The number of nitrogens with one attached hydrogen (secondary N) is 1. The van der Waals surface area contributed by atoms with Crippen LogP contribution >= 0.6 is 11.3 Å². The van der Waals surface area contributed by atoms with Gasteiger partial charge >= 0.3 is 5.97 Å². The Kier molecular flexibility index (Phi) is 5.15. The van der Waals surface area contributed by atoms with Gasteiger partial charge in [-0.3, -0.25) is 4.72 Å². The van der Waals surface area contributed by atoms with Crippen molar-refractivity contribution in [3.8, 4) is 0 Å². The maximum absolute atomic E-state index is 12.7. The van der Waals surface area contributed by atoms with Gasteiger partial charge in [0.05, 0.1) is 11.5 Å². The fraction of sp³-hybridized carbons (Fsp3) is 0.389. The smallest absolute Gasteiger partial charge is 0.348 e. The first-order valence-corrected chi connectivity index (χ1v) is 10.6. The number of carbonyl (C=O) groups excluding carboxylic acids is 1. The van der Waals surface area contributed by atoms with E-state index in [0.717, 1.165) is 42.6 Å². The molecule has 0 fully saturated rings. The first kappa shape index (κ1) is 17.9. The number of hydrogen-bond donors (Lipinski definition) is 1. The molecule has 5 nitrogen and oxygen atoms in total. The molecule has 134 valence electrons. The van der Waals surface area contributed by atoms with Crippen LogP contribution in [0.25, 0.3) is 0 Å². The molecule has 1 N–H and O–H groups in total. The molecule has 2 aromatic rings. The third-order valence-corrected chi connectivity index (χ3v) is 6.87. The summed E-state index contributed by atoms with van der Waals surface area (Å²) in [7, 11) is -3.68. The summed E-state index contributed by atoms with van der Waals surface area (Å²) in [6.07, 6.45) is 4.18. The molecule has 1 aliphatic carbocycles. The van der Waals surface area contributed by atoms with Gasteiger partial charge in [-0.1, -0.05) is 6.07 Å². The molecule has 1 aliphatic rings. The number of fused-ring (bicyclic) bond motifs is 1. The molecule has 7 heteroatoms. The molecule has 25 heavy (non-hydrogen) atoms. The second-order valence-electron chi connectivity index (χ2n) is 6.09. The van der Waals surface area contributed by atoms with Crippen molar-refractivity contribution in [1.82, 2.24) is 0 Å². The standard InChI is InChI=1S/C18H21NO4S2/c1-3-23-18(20)17-12(2)10-16(24-17)19-25(21,22)15-9-8-13-6-4-5-7-14(13)11-15/h8-11,19H,3-7H2,1-2H3. The highest BCUT2D eigenvalue weighted by molar-refractivity contribution is 7.93. The molecule has 0 unspecified atom stereocenters. The lowest BCUT2D eigenvalue weighted by atomic mass is 9.92. The Balaban J connectivity index is 1.84. The molecule has 0 atom stereocenters. The molecule has 0 spiro atoms. The first-order chi connectivity index (χ1) is 11.9. The van der Waals surface area contributed by atoms with Crippen molar-refractivity contribution < 1.29 is 17.9 Å². The summed E-state index contributed by atoms with van der Waals surface area (Å²) in [6, 6.07) is 6.99. The van der Waals surface area contributed by atoms with Gasteiger partial charge in [0.1, 0.15) is 9.88 Å². The van der Waals surface area contributed by atoms with Crippen molar-refractivity contribution in [2.24, 2.45) is 0 Å². The molecule has 0 aliphatic heterocycles. The van der Waals surface area contributed by atoms with Gasteiger partial charge in [0, 0.05) is 0 Å². The van der Waals surface area contributed by atoms with E-state index in [-0.39, 0.29) is 11.5 Å². The maximum atomic E-state index is 12.7. The molecular formula is C18H21NO4S2. The Morgan fingerprint density at radius 1 is 1.20 bits per heavy atom. The monoisotopic (exact) mass is 379 g/mol. The number of ether oxygens (including phenoxy) is 1. The average Bonchev–Trinajstić information content (AvgIpc) is 2.94. The van der Waals surface area contributed by atoms with Gasteiger partial charge in [-0.25, -0.2) is 13.2 Å². The number of anilines is 1. The van der Waals surface area contributed by atoms with Crippen molar-refractivity contribution in [1.29, 1.82) is 0 Å². The summed E-state index contributed by atoms with van der Waals surface area (Å²) in [5.74, 6) is -0.427. The van der Waals surface area contributed by atoms with Crippen LogP contribution in [0, 0.1) is 6.92 Å². The van der Waals surface area contributed by atoms with Crippen LogP contribution in [-0.4, -0.2) is 21.0 Å². The Morgan fingerprint density at radius 2 is 1.92 bits per heavy atom. The van der Waals surface area contributed by atoms with Crippen LogP contribution in [0.1, 0.15) is 46.1 Å². The number of esters is 1. The van der Waals surface area contributed by atoms with Gasteiger partial charge in [0.25, 0.3) is 10.0 Å². The van der Waals surface area contributed by atoms with Crippen LogP contribution in [0.5, 0.6) is 0 Å². The third kappa shape index (κ3) is 3.88. The highest BCUT2D eigenvalue weighted by atomic mass is 32.2. The number of sulfonamides is 1. The van der Waals surface area contributed by atoms with Crippen LogP contribution in [0.4, 0.5) is 5.00 Å². The number of aryl methyl sites for hydroxylation is 3. The highest BCUT2D eigenvalue weighted by Gasteiger charge is 2.21. The lowest BCUT2D eigenvalue weighted by Crippen LogP contribution is -2.13. The van der Waals surface area contributed by atoms with Gasteiger partial charge < -0.3 is 4.74 Å². The minimum absolute atomic E-state index is 0.261. The second kappa shape index (κ2) is 7.17. The van der Waals surface area contributed by atoms with Crippen molar-refractivity contribution in [3.05, 3.63) is 45.8 Å². The molecule has 1 aromatic carbocycles. The summed E-state index contributed by atoms with van der Waals surface area (Å²) >= 11 is 1.09. The Bertz CT molecular complexity index is 900. The maximum Gasteiger partial charge on any atom is 0.348 e. The lowest BCUT2D eigenvalue weighted by Gasteiger charge is -2.16. The van der Waals surface area contributed by atoms with Crippen LogP contribution in [-0.2, 0) is 27.6 Å². The van der Waals surface area contributed by atoms with Gasteiger partial charge in [0.15, 0.2) is 0 Å². The molecule has 1 aromatic heterocycles. The predicted octanol–water partition coefficient (Wildman–Crippen LogP) is 3.91. The molecule has 3 rings (SSSR count). The van der Waals surface area contributed by atoms with E-state index in [9.17, 15) is 13.2 Å². The SMILES string of the molecule is CCOC(=O)c1sc(NS(=O)(=O)c2ccc3c(c2)CCCC3)cc1C. The average molecular weight is 380 g/mol. The van der Waals surface area contributed by atoms with E-state index in [2.05, 4.69) is 4.72 Å². The second-order valence-corrected chi connectivity index (χ2v) is 8.82.